The van der Waals surface area contributed by atoms with Crippen LogP contribution in [0.25, 0.3) is 0 Å². The van der Waals surface area contributed by atoms with Crippen LogP contribution in [0.5, 0.6) is 5.75 Å². The summed E-state index contributed by atoms with van der Waals surface area (Å²) >= 11 is 0. The average Bonchev–Trinajstić information content (AvgIpc) is 2.63. The Kier molecular flexibility index (Phi) is 6.39. The van der Waals surface area contributed by atoms with Crippen LogP contribution in [0.1, 0.15) is 54.8 Å². The first kappa shape index (κ1) is 19.5. The van der Waals surface area contributed by atoms with E-state index in [0.29, 0.717) is 23.4 Å². The standard InChI is InChI=1S/C21H26N2O3/c1-5-21(3,4)23-20(25)16-7-11-17(12-8-16)22-19(24)15-9-13-18(14-10-15)26-6-2/h7-14H,5-6H2,1-4H3,(H,22,24)(H,23,25). The Balaban J connectivity index is 2.00. The SMILES string of the molecule is CCOc1ccc(C(=O)Nc2ccc(C(=O)NC(C)(C)CC)cc2)cc1. The second kappa shape index (κ2) is 8.52. The van der Waals surface area contributed by atoms with Gasteiger partial charge in [-0.05, 0) is 75.7 Å². The molecule has 0 bridgehead atoms. The molecule has 2 aromatic rings. The Labute approximate surface area is 154 Å². The van der Waals surface area contributed by atoms with Crippen molar-refractivity contribution in [2.45, 2.75) is 39.7 Å². The molecule has 0 saturated carbocycles. The van der Waals surface area contributed by atoms with E-state index in [1.54, 1.807) is 48.5 Å². The first-order chi connectivity index (χ1) is 12.3. The van der Waals surface area contributed by atoms with E-state index in [1.165, 1.54) is 0 Å². The van der Waals surface area contributed by atoms with E-state index in [2.05, 4.69) is 10.6 Å². The van der Waals surface area contributed by atoms with Crippen molar-refractivity contribution >= 4 is 17.5 Å². The van der Waals surface area contributed by atoms with Gasteiger partial charge in [0.15, 0.2) is 0 Å². The van der Waals surface area contributed by atoms with Gasteiger partial charge in [-0.1, -0.05) is 6.92 Å². The molecule has 5 heteroatoms. The van der Waals surface area contributed by atoms with Crippen LogP contribution in [0.3, 0.4) is 0 Å². The molecule has 0 radical (unpaired) electrons. The molecule has 0 spiro atoms. The second-order valence-electron chi connectivity index (χ2n) is 6.68. The number of carbonyl (C=O) groups is 2. The minimum absolute atomic E-state index is 0.124. The molecule has 138 valence electrons. The van der Waals surface area contributed by atoms with E-state index >= 15 is 0 Å². The number of rotatable bonds is 7. The molecule has 2 amide bonds. The molecule has 0 aromatic heterocycles. The summed E-state index contributed by atoms with van der Waals surface area (Å²) in [6.45, 7) is 8.49. The third-order valence-corrected chi connectivity index (χ3v) is 4.17. The number of nitrogens with one attached hydrogen (secondary N) is 2. The van der Waals surface area contributed by atoms with E-state index in [1.807, 2.05) is 27.7 Å². The van der Waals surface area contributed by atoms with Gasteiger partial charge in [-0.15, -0.1) is 0 Å². The zero-order valence-electron chi connectivity index (χ0n) is 15.8. The number of carbonyl (C=O) groups excluding carboxylic acids is 2. The molecule has 2 rings (SSSR count). The smallest absolute Gasteiger partial charge is 0.255 e. The maximum Gasteiger partial charge on any atom is 0.255 e. The number of anilines is 1. The number of amides is 2. The van der Waals surface area contributed by atoms with Crippen molar-refractivity contribution in [1.82, 2.24) is 5.32 Å². The van der Waals surface area contributed by atoms with Crippen molar-refractivity contribution in [3.63, 3.8) is 0 Å². The quantitative estimate of drug-likeness (QED) is 0.781. The molecule has 26 heavy (non-hydrogen) atoms. The lowest BCUT2D eigenvalue weighted by Crippen LogP contribution is -2.42. The summed E-state index contributed by atoms with van der Waals surface area (Å²) in [5.41, 5.74) is 1.48. The highest BCUT2D eigenvalue weighted by Crippen LogP contribution is 2.16. The minimum Gasteiger partial charge on any atom is -0.494 e. The fraction of sp³-hybridized carbons (Fsp3) is 0.333. The molecule has 2 aromatic carbocycles. The zero-order chi connectivity index (χ0) is 19.2. The molecular weight excluding hydrogens is 328 g/mol. The summed E-state index contributed by atoms with van der Waals surface area (Å²) in [5.74, 6) is 0.396. The monoisotopic (exact) mass is 354 g/mol. The maximum atomic E-state index is 12.3. The summed E-state index contributed by atoms with van der Waals surface area (Å²) < 4.78 is 5.37. The highest BCUT2D eigenvalue weighted by Gasteiger charge is 2.18. The van der Waals surface area contributed by atoms with Crippen molar-refractivity contribution in [2.75, 3.05) is 11.9 Å². The van der Waals surface area contributed by atoms with Crippen molar-refractivity contribution in [3.8, 4) is 5.75 Å². The van der Waals surface area contributed by atoms with Crippen LogP contribution in [0.15, 0.2) is 48.5 Å². The number of benzene rings is 2. The van der Waals surface area contributed by atoms with Gasteiger partial charge in [0.25, 0.3) is 11.8 Å². The first-order valence-corrected chi connectivity index (χ1v) is 8.81. The van der Waals surface area contributed by atoms with Crippen LogP contribution in [0.4, 0.5) is 5.69 Å². The molecule has 0 aliphatic heterocycles. The van der Waals surface area contributed by atoms with Gasteiger partial charge in [-0.2, -0.15) is 0 Å². The molecular formula is C21H26N2O3. The topological polar surface area (TPSA) is 67.4 Å². The van der Waals surface area contributed by atoms with Gasteiger partial charge in [-0.3, -0.25) is 9.59 Å². The van der Waals surface area contributed by atoms with E-state index < -0.39 is 0 Å². The predicted molar refractivity (Wildman–Crippen MR) is 104 cm³/mol. The third-order valence-electron chi connectivity index (χ3n) is 4.17. The van der Waals surface area contributed by atoms with E-state index in [-0.39, 0.29) is 17.4 Å². The van der Waals surface area contributed by atoms with Gasteiger partial charge >= 0.3 is 0 Å². The van der Waals surface area contributed by atoms with Gasteiger partial charge in [0.05, 0.1) is 6.61 Å². The summed E-state index contributed by atoms with van der Waals surface area (Å²) in [6, 6.07) is 13.8. The van der Waals surface area contributed by atoms with Gasteiger partial charge in [-0.25, -0.2) is 0 Å². The van der Waals surface area contributed by atoms with Crippen molar-refractivity contribution in [3.05, 3.63) is 59.7 Å². The fourth-order valence-electron chi connectivity index (χ4n) is 2.25. The van der Waals surface area contributed by atoms with Crippen molar-refractivity contribution in [1.29, 1.82) is 0 Å². The minimum atomic E-state index is -0.252. The summed E-state index contributed by atoms with van der Waals surface area (Å²) in [7, 11) is 0. The molecule has 0 atom stereocenters. The highest BCUT2D eigenvalue weighted by atomic mass is 16.5. The number of hydrogen-bond acceptors (Lipinski definition) is 3. The maximum absolute atomic E-state index is 12.3. The Morgan fingerprint density at radius 1 is 0.885 bits per heavy atom. The van der Waals surface area contributed by atoms with E-state index in [4.69, 9.17) is 4.74 Å². The van der Waals surface area contributed by atoms with Crippen molar-refractivity contribution in [2.24, 2.45) is 0 Å². The van der Waals surface area contributed by atoms with Gasteiger partial charge in [0, 0.05) is 22.4 Å². The number of ether oxygens (including phenoxy) is 1. The number of hydrogen-bond donors (Lipinski definition) is 2. The van der Waals surface area contributed by atoms with E-state index in [0.717, 1.165) is 12.2 Å². The Morgan fingerprint density at radius 3 is 1.96 bits per heavy atom. The van der Waals surface area contributed by atoms with Crippen molar-refractivity contribution < 1.29 is 14.3 Å². The van der Waals surface area contributed by atoms with Crippen LogP contribution in [0, 0.1) is 0 Å². The zero-order valence-corrected chi connectivity index (χ0v) is 15.8. The molecule has 2 N–H and O–H groups in total. The molecule has 0 fully saturated rings. The third kappa shape index (κ3) is 5.34. The molecule has 0 unspecified atom stereocenters. The Morgan fingerprint density at radius 2 is 1.42 bits per heavy atom. The average molecular weight is 354 g/mol. The van der Waals surface area contributed by atoms with Crippen LogP contribution in [-0.4, -0.2) is 24.0 Å². The Hall–Kier alpha value is -2.82. The molecule has 5 nitrogen and oxygen atoms in total. The molecule has 0 saturated heterocycles. The fourth-order valence-corrected chi connectivity index (χ4v) is 2.25. The summed E-state index contributed by atoms with van der Waals surface area (Å²) in [5, 5.41) is 5.81. The van der Waals surface area contributed by atoms with Crippen LogP contribution >= 0.6 is 0 Å². The lowest BCUT2D eigenvalue weighted by Gasteiger charge is -2.24. The van der Waals surface area contributed by atoms with Gasteiger partial charge < -0.3 is 15.4 Å². The predicted octanol–water partition coefficient (Wildman–Crippen LogP) is 4.26. The van der Waals surface area contributed by atoms with Crippen LogP contribution < -0.4 is 15.4 Å². The highest BCUT2D eigenvalue weighted by molar-refractivity contribution is 6.04. The molecule has 0 aliphatic carbocycles. The Bertz CT molecular complexity index is 750. The van der Waals surface area contributed by atoms with Gasteiger partial charge in [0.1, 0.15) is 5.75 Å². The normalized spacial score (nSPS) is 10.9. The molecule has 0 aliphatic rings. The summed E-state index contributed by atoms with van der Waals surface area (Å²) in [4.78, 5) is 24.5. The molecule has 0 heterocycles. The summed E-state index contributed by atoms with van der Waals surface area (Å²) in [6.07, 6.45) is 0.842. The largest absolute Gasteiger partial charge is 0.494 e. The van der Waals surface area contributed by atoms with Crippen LogP contribution in [-0.2, 0) is 0 Å². The lowest BCUT2D eigenvalue weighted by atomic mass is 10.0. The second-order valence-corrected chi connectivity index (χ2v) is 6.68. The first-order valence-electron chi connectivity index (χ1n) is 8.81. The lowest BCUT2D eigenvalue weighted by molar-refractivity contribution is 0.0911. The van der Waals surface area contributed by atoms with E-state index in [9.17, 15) is 9.59 Å². The van der Waals surface area contributed by atoms with Crippen LogP contribution in [0.2, 0.25) is 0 Å². The van der Waals surface area contributed by atoms with Gasteiger partial charge in [0.2, 0.25) is 0 Å².